The second kappa shape index (κ2) is 3.48. The van der Waals surface area contributed by atoms with Gasteiger partial charge in [0.25, 0.3) is 0 Å². The molecule has 0 aromatic rings. The fraction of sp³-hybridized carbons (Fsp3) is 0.800. The molecule has 2 amide bonds. The minimum Gasteiger partial charge on any atom is -0.342 e. The lowest BCUT2D eigenvalue weighted by Gasteiger charge is -2.34. The van der Waals surface area contributed by atoms with E-state index in [0.29, 0.717) is 19.6 Å². The van der Waals surface area contributed by atoms with Gasteiger partial charge in [-0.2, -0.15) is 0 Å². The van der Waals surface area contributed by atoms with Crippen LogP contribution in [0.4, 0.5) is 0 Å². The zero-order chi connectivity index (χ0) is 11.1. The molecular formula is C10H17N3O2. The Hall–Kier alpha value is -1.10. The van der Waals surface area contributed by atoms with Gasteiger partial charge in [0, 0.05) is 26.7 Å². The SMILES string of the molecule is CN1CCN(C(=O)C2(CN)CC2)CC1=O. The van der Waals surface area contributed by atoms with Gasteiger partial charge in [0.15, 0.2) is 0 Å². The van der Waals surface area contributed by atoms with E-state index in [0.717, 1.165) is 12.8 Å². The first-order valence-corrected chi connectivity index (χ1v) is 5.32. The maximum absolute atomic E-state index is 12.0. The molecule has 0 aromatic heterocycles. The van der Waals surface area contributed by atoms with Crippen molar-refractivity contribution in [1.29, 1.82) is 0 Å². The van der Waals surface area contributed by atoms with Crippen molar-refractivity contribution in [3.8, 4) is 0 Å². The molecule has 2 N–H and O–H groups in total. The topological polar surface area (TPSA) is 66.6 Å². The predicted octanol–water partition coefficient (Wildman–Crippen LogP) is -0.974. The van der Waals surface area contributed by atoms with Gasteiger partial charge in [0.05, 0.1) is 12.0 Å². The molecule has 5 nitrogen and oxygen atoms in total. The Morgan fingerprint density at radius 1 is 1.47 bits per heavy atom. The van der Waals surface area contributed by atoms with Crippen LogP contribution in [0.2, 0.25) is 0 Å². The minimum atomic E-state index is -0.323. The lowest BCUT2D eigenvalue weighted by molar-refractivity contribution is -0.147. The molecule has 5 heteroatoms. The molecular weight excluding hydrogens is 194 g/mol. The van der Waals surface area contributed by atoms with Crippen molar-refractivity contribution in [3.05, 3.63) is 0 Å². The molecule has 84 valence electrons. The van der Waals surface area contributed by atoms with Crippen LogP contribution in [-0.4, -0.2) is 54.8 Å². The van der Waals surface area contributed by atoms with Crippen molar-refractivity contribution in [1.82, 2.24) is 9.80 Å². The smallest absolute Gasteiger partial charge is 0.241 e. The molecule has 0 bridgehead atoms. The van der Waals surface area contributed by atoms with Gasteiger partial charge >= 0.3 is 0 Å². The number of piperazine rings is 1. The van der Waals surface area contributed by atoms with Gasteiger partial charge in [-0.25, -0.2) is 0 Å². The van der Waals surface area contributed by atoms with E-state index < -0.39 is 0 Å². The summed E-state index contributed by atoms with van der Waals surface area (Å²) < 4.78 is 0. The molecule has 0 radical (unpaired) electrons. The summed E-state index contributed by atoms with van der Waals surface area (Å²) in [6.45, 7) is 1.90. The molecule has 0 spiro atoms. The molecule has 1 aliphatic carbocycles. The van der Waals surface area contributed by atoms with E-state index in [-0.39, 0.29) is 23.8 Å². The van der Waals surface area contributed by atoms with Gasteiger partial charge in [-0.15, -0.1) is 0 Å². The zero-order valence-electron chi connectivity index (χ0n) is 9.03. The van der Waals surface area contributed by atoms with E-state index in [4.69, 9.17) is 5.73 Å². The quantitative estimate of drug-likeness (QED) is 0.639. The molecule has 1 saturated carbocycles. The Morgan fingerprint density at radius 3 is 2.60 bits per heavy atom. The number of hydrogen-bond donors (Lipinski definition) is 1. The summed E-state index contributed by atoms with van der Waals surface area (Å²) in [6, 6.07) is 0. The Morgan fingerprint density at radius 2 is 2.13 bits per heavy atom. The summed E-state index contributed by atoms with van der Waals surface area (Å²) in [5.41, 5.74) is 5.27. The van der Waals surface area contributed by atoms with Crippen LogP contribution in [0.5, 0.6) is 0 Å². The van der Waals surface area contributed by atoms with Gasteiger partial charge in [-0.05, 0) is 12.8 Å². The Bertz CT molecular complexity index is 299. The molecule has 1 aliphatic heterocycles. The number of carbonyl (C=O) groups excluding carboxylic acids is 2. The van der Waals surface area contributed by atoms with Crippen molar-refractivity contribution in [2.75, 3.05) is 33.2 Å². The van der Waals surface area contributed by atoms with E-state index in [1.807, 2.05) is 0 Å². The fourth-order valence-electron chi connectivity index (χ4n) is 1.92. The highest BCUT2D eigenvalue weighted by Crippen LogP contribution is 2.46. The normalized spacial score (nSPS) is 24.3. The zero-order valence-corrected chi connectivity index (χ0v) is 9.03. The summed E-state index contributed by atoms with van der Waals surface area (Å²) in [5.74, 6) is 0.0915. The Labute approximate surface area is 89.2 Å². The molecule has 1 heterocycles. The van der Waals surface area contributed by atoms with Crippen LogP contribution in [0.15, 0.2) is 0 Å². The van der Waals surface area contributed by atoms with Gasteiger partial charge in [0.2, 0.25) is 11.8 Å². The summed E-state index contributed by atoms with van der Waals surface area (Å²) in [6.07, 6.45) is 1.76. The van der Waals surface area contributed by atoms with E-state index in [1.54, 1.807) is 16.8 Å². The maximum atomic E-state index is 12.0. The first kappa shape index (κ1) is 10.4. The number of rotatable bonds is 2. The summed E-state index contributed by atoms with van der Waals surface area (Å²) in [5, 5.41) is 0. The lowest BCUT2D eigenvalue weighted by atomic mass is 10.1. The van der Waals surface area contributed by atoms with Crippen LogP contribution in [0.25, 0.3) is 0 Å². The first-order chi connectivity index (χ1) is 7.09. The van der Waals surface area contributed by atoms with Gasteiger partial charge in [-0.1, -0.05) is 0 Å². The average molecular weight is 211 g/mol. The predicted molar refractivity (Wildman–Crippen MR) is 54.9 cm³/mol. The van der Waals surface area contributed by atoms with Crippen molar-refractivity contribution < 1.29 is 9.59 Å². The molecule has 0 unspecified atom stereocenters. The highest BCUT2D eigenvalue weighted by atomic mass is 16.2. The third kappa shape index (κ3) is 1.71. The second-order valence-corrected chi connectivity index (χ2v) is 4.53. The van der Waals surface area contributed by atoms with E-state index >= 15 is 0 Å². The van der Waals surface area contributed by atoms with Crippen molar-refractivity contribution >= 4 is 11.8 Å². The van der Waals surface area contributed by atoms with E-state index in [9.17, 15) is 9.59 Å². The number of amides is 2. The summed E-state index contributed by atoms with van der Waals surface area (Å²) in [4.78, 5) is 26.8. The van der Waals surface area contributed by atoms with Gasteiger partial charge in [-0.3, -0.25) is 9.59 Å². The van der Waals surface area contributed by atoms with Crippen molar-refractivity contribution in [2.24, 2.45) is 11.1 Å². The number of nitrogens with two attached hydrogens (primary N) is 1. The molecule has 2 fully saturated rings. The average Bonchev–Trinajstić information content (AvgIpc) is 3.02. The molecule has 15 heavy (non-hydrogen) atoms. The molecule has 0 atom stereocenters. The minimum absolute atomic E-state index is 0.0161. The van der Waals surface area contributed by atoms with Crippen LogP contribution in [0, 0.1) is 5.41 Å². The second-order valence-electron chi connectivity index (χ2n) is 4.53. The number of nitrogens with zero attached hydrogens (tertiary/aromatic N) is 2. The van der Waals surface area contributed by atoms with Crippen LogP contribution < -0.4 is 5.73 Å². The van der Waals surface area contributed by atoms with Crippen molar-refractivity contribution in [3.63, 3.8) is 0 Å². The first-order valence-electron chi connectivity index (χ1n) is 5.32. The third-order valence-electron chi connectivity index (χ3n) is 3.44. The largest absolute Gasteiger partial charge is 0.342 e. The van der Waals surface area contributed by atoms with Crippen molar-refractivity contribution in [2.45, 2.75) is 12.8 Å². The lowest BCUT2D eigenvalue weighted by Crippen LogP contribution is -2.53. The Kier molecular flexibility index (Phi) is 2.42. The fourth-order valence-corrected chi connectivity index (χ4v) is 1.92. The highest BCUT2D eigenvalue weighted by Gasteiger charge is 2.51. The Balaban J connectivity index is 2.00. The maximum Gasteiger partial charge on any atom is 0.241 e. The molecule has 1 saturated heterocycles. The number of hydrogen-bond acceptors (Lipinski definition) is 3. The third-order valence-corrected chi connectivity index (χ3v) is 3.44. The summed E-state index contributed by atoms with van der Waals surface area (Å²) >= 11 is 0. The van der Waals surface area contributed by atoms with Crippen LogP contribution in [0.1, 0.15) is 12.8 Å². The highest BCUT2D eigenvalue weighted by molar-refractivity contribution is 5.90. The van der Waals surface area contributed by atoms with E-state index in [1.165, 1.54) is 0 Å². The van der Waals surface area contributed by atoms with Crippen LogP contribution in [-0.2, 0) is 9.59 Å². The van der Waals surface area contributed by atoms with Crippen LogP contribution >= 0.6 is 0 Å². The van der Waals surface area contributed by atoms with Gasteiger partial charge in [0.1, 0.15) is 0 Å². The van der Waals surface area contributed by atoms with Crippen LogP contribution in [0.3, 0.4) is 0 Å². The standard InChI is InChI=1S/C10H17N3O2/c1-12-4-5-13(6-8(12)14)9(15)10(7-11)2-3-10/h2-7,11H2,1H3. The molecule has 2 aliphatic rings. The molecule has 2 rings (SSSR count). The van der Waals surface area contributed by atoms with Gasteiger partial charge < -0.3 is 15.5 Å². The monoisotopic (exact) mass is 211 g/mol. The van der Waals surface area contributed by atoms with E-state index in [2.05, 4.69) is 0 Å². The molecule has 0 aromatic carbocycles. The number of likely N-dealkylation sites (N-methyl/N-ethyl adjacent to an activating group) is 1. The number of carbonyl (C=O) groups is 2. The summed E-state index contributed by atoms with van der Waals surface area (Å²) in [7, 11) is 1.76.